The van der Waals surface area contributed by atoms with Gasteiger partial charge in [0.2, 0.25) is 0 Å². The number of carbonyl (C=O) groups excluding carboxylic acids is 1. The van der Waals surface area contributed by atoms with E-state index in [1.54, 1.807) is 13.2 Å². The van der Waals surface area contributed by atoms with Crippen LogP contribution in [-0.2, 0) is 0 Å². The van der Waals surface area contributed by atoms with Crippen molar-refractivity contribution in [2.24, 2.45) is 11.7 Å². The second-order valence-electron chi connectivity index (χ2n) is 6.18. The first-order valence-electron chi connectivity index (χ1n) is 8.46. The summed E-state index contributed by atoms with van der Waals surface area (Å²) in [6, 6.07) is 5.40. The van der Waals surface area contributed by atoms with E-state index in [9.17, 15) is 4.79 Å². The largest absolute Gasteiger partial charge is 0.497 e. The van der Waals surface area contributed by atoms with Gasteiger partial charge in [-0.1, -0.05) is 6.92 Å². The third-order valence-corrected chi connectivity index (χ3v) is 4.33. The summed E-state index contributed by atoms with van der Waals surface area (Å²) in [6.45, 7) is 4.95. The van der Waals surface area contributed by atoms with Crippen LogP contribution in [0, 0.1) is 5.92 Å². The molecule has 1 aromatic carbocycles. The number of nitrogens with two attached hydrogens (primary N) is 1. The van der Waals surface area contributed by atoms with Crippen molar-refractivity contribution < 1.29 is 14.3 Å². The van der Waals surface area contributed by atoms with Gasteiger partial charge in [-0.25, -0.2) is 0 Å². The van der Waals surface area contributed by atoms with Gasteiger partial charge in [0.25, 0.3) is 5.91 Å². The molecule has 1 aromatic rings. The van der Waals surface area contributed by atoms with E-state index < -0.39 is 0 Å². The van der Waals surface area contributed by atoms with Gasteiger partial charge in [0.15, 0.2) is 0 Å². The summed E-state index contributed by atoms with van der Waals surface area (Å²) in [7, 11) is 1.60. The van der Waals surface area contributed by atoms with Crippen molar-refractivity contribution in [3.05, 3.63) is 23.8 Å². The smallest absolute Gasteiger partial charge is 0.257 e. The van der Waals surface area contributed by atoms with E-state index in [4.69, 9.17) is 15.2 Å². The molecule has 1 atom stereocenters. The number of amides is 1. The summed E-state index contributed by atoms with van der Waals surface area (Å²) >= 11 is 0. The number of methoxy groups -OCH3 is 1. The third-order valence-electron chi connectivity index (χ3n) is 4.33. The number of hydrogen-bond acceptors (Lipinski definition) is 4. The standard InChI is InChI=1S/C18H28N2O3/c1-14-5-3-10-20(11-8-14)18(21)16-13-15(22-2)6-7-17(16)23-12-4-9-19/h6-7,13-14H,3-5,8-12,19H2,1-2H3/t14-/m1/s1. The molecule has 1 aliphatic heterocycles. The van der Waals surface area contributed by atoms with Crippen LogP contribution in [0.5, 0.6) is 11.5 Å². The molecule has 0 spiro atoms. The summed E-state index contributed by atoms with van der Waals surface area (Å²) in [6.07, 6.45) is 4.06. The van der Waals surface area contributed by atoms with Crippen molar-refractivity contribution in [1.82, 2.24) is 4.90 Å². The molecule has 1 saturated heterocycles. The Kier molecular flexibility index (Phi) is 6.71. The normalized spacial score (nSPS) is 18.4. The van der Waals surface area contributed by atoms with E-state index in [-0.39, 0.29) is 5.91 Å². The Morgan fingerprint density at radius 2 is 2.17 bits per heavy atom. The quantitative estimate of drug-likeness (QED) is 0.819. The maximum atomic E-state index is 12.9. The molecule has 0 saturated carbocycles. The summed E-state index contributed by atoms with van der Waals surface area (Å²) in [5.41, 5.74) is 6.09. The minimum Gasteiger partial charge on any atom is -0.497 e. The zero-order valence-corrected chi connectivity index (χ0v) is 14.2. The zero-order valence-electron chi connectivity index (χ0n) is 14.2. The lowest BCUT2D eigenvalue weighted by Crippen LogP contribution is -2.32. The van der Waals surface area contributed by atoms with Crippen LogP contribution in [0.3, 0.4) is 0 Å². The van der Waals surface area contributed by atoms with Crippen molar-refractivity contribution in [3.8, 4) is 11.5 Å². The first-order valence-corrected chi connectivity index (χ1v) is 8.46. The monoisotopic (exact) mass is 320 g/mol. The zero-order chi connectivity index (χ0) is 16.7. The molecule has 5 heteroatoms. The Morgan fingerprint density at radius 1 is 1.35 bits per heavy atom. The van der Waals surface area contributed by atoms with E-state index in [2.05, 4.69) is 6.92 Å². The van der Waals surface area contributed by atoms with Gasteiger partial charge in [-0.15, -0.1) is 0 Å². The SMILES string of the molecule is COc1ccc(OCCCN)c(C(=O)N2CCC[C@@H](C)CC2)c1. The van der Waals surface area contributed by atoms with Crippen LogP contribution < -0.4 is 15.2 Å². The van der Waals surface area contributed by atoms with Crippen LogP contribution in [0.15, 0.2) is 18.2 Å². The first kappa shape index (κ1) is 17.6. The van der Waals surface area contributed by atoms with Crippen LogP contribution in [0.25, 0.3) is 0 Å². The molecule has 128 valence electrons. The molecule has 23 heavy (non-hydrogen) atoms. The number of rotatable bonds is 6. The third kappa shape index (κ3) is 4.86. The van der Waals surface area contributed by atoms with Crippen LogP contribution in [0.2, 0.25) is 0 Å². The van der Waals surface area contributed by atoms with Crippen molar-refractivity contribution in [2.45, 2.75) is 32.6 Å². The highest BCUT2D eigenvalue weighted by atomic mass is 16.5. The minimum absolute atomic E-state index is 0.0285. The van der Waals surface area contributed by atoms with Crippen LogP contribution >= 0.6 is 0 Å². The molecule has 1 aliphatic rings. The summed E-state index contributed by atoms with van der Waals surface area (Å²) in [4.78, 5) is 14.9. The molecule has 1 amide bonds. The highest BCUT2D eigenvalue weighted by Gasteiger charge is 2.23. The predicted molar refractivity (Wildman–Crippen MR) is 91.1 cm³/mol. The lowest BCUT2D eigenvalue weighted by molar-refractivity contribution is 0.0755. The number of ether oxygens (including phenoxy) is 2. The molecular formula is C18H28N2O3. The summed E-state index contributed by atoms with van der Waals surface area (Å²) < 4.78 is 11.0. The first-order chi connectivity index (χ1) is 11.2. The van der Waals surface area contributed by atoms with Gasteiger partial charge in [0.1, 0.15) is 11.5 Å². The predicted octanol–water partition coefficient (Wildman–Crippen LogP) is 2.69. The van der Waals surface area contributed by atoms with Crippen molar-refractivity contribution in [3.63, 3.8) is 0 Å². The fourth-order valence-electron chi connectivity index (χ4n) is 2.83. The highest BCUT2D eigenvalue weighted by molar-refractivity contribution is 5.97. The maximum absolute atomic E-state index is 12.9. The van der Waals surface area contributed by atoms with E-state index in [0.29, 0.717) is 36.1 Å². The highest BCUT2D eigenvalue weighted by Crippen LogP contribution is 2.27. The second kappa shape index (κ2) is 8.77. The van der Waals surface area contributed by atoms with Gasteiger partial charge in [0, 0.05) is 13.1 Å². The van der Waals surface area contributed by atoms with E-state index >= 15 is 0 Å². The van der Waals surface area contributed by atoms with Crippen molar-refractivity contribution in [2.75, 3.05) is 33.4 Å². The molecule has 0 aromatic heterocycles. The number of benzene rings is 1. The van der Waals surface area contributed by atoms with Crippen molar-refractivity contribution >= 4 is 5.91 Å². The van der Waals surface area contributed by atoms with Crippen molar-refractivity contribution in [1.29, 1.82) is 0 Å². The molecule has 2 N–H and O–H groups in total. The number of hydrogen-bond donors (Lipinski definition) is 1. The van der Waals surface area contributed by atoms with Gasteiger partial charge < -0.3 is 20.1 Å². The molecule has 0 unspecified atom stereocenters. The van der Waals surface area contributed by atoms with E-state index in [1.165, 1.54) is 6.42 Å². The second-order valence-corrected chi connectivity index (χ2v) is 6.18. The number of likely N-dealkylation sites (tertiary alicyclic amines) is 1. The average Bonchev–Trinajstić information content (AvgIpc) is 2.79. The van der Waals surface area contributed by atoms with Gasteiger partial charge in [-0.05, 0) is 56.3 Å². The van der Waals surface area contributed by atoms with E-state index in [1.807, 2.05) is 17.0 Å². The minimum atomic E-state index is 0.0285. The summed E-state index contributed by atoms with van der Waals surface area (Å²) in [5.74, 6) is 1.99. The molecule has 0 radical (unpaired) electrons. The Hall–Kier alpha value is -1.75. The molecule has 5 nitrogen and oxygen atoms in total. The topological polar surface area (TPSA) is 64.8 Å². The summed E-state index contributed by atoms with van der Waals surface area (Å²) in [5, 5.41) is 0. The van der Waals surface area contributed by atoms with Gasteiger partial charge in [-0.2, -0.15) is 0 Å². The Bertz CT molecular complexity index is 519. The van der Waals surface area contributed by atoms with Crippen LogP contribution in [0.1, 0.15) is 43.0 Å². The molecule has 1 fully saturated rings. The van der Waals surface area contributed by atoms with Gasteiger partial charge in [0.05, 0.1) is 19.3 Å². The Labute approximate surface area is 138 Å². The number of nitrogens with zero attached hydrogens (tertiary/aromatic N) is 1. The van der Waals surface area contributed by atoms with Gasteiger partial charge in [-0.3, -0.25) is 4.79 Å². The Morgan fingerprint density at radius 3 is 2.91 bits per heavy atom. The Balaban J connectivity index is 2.18. The molecular weight excluding hydrogens is 292 g/mol. The lowest BCUT2D eigenvalue weighted by atomic mass is 10.0. The van der Waals surface area contributed by atoms with Crippen LogP contribution in [-0.4, -0.2) is 44.2 Å². The molecule has 1 heterocycles. The molecule has 2 rings (SSSR count). The fourth-order valence-corrected chi connectivity index (χ4v) is 2.83. The lowest BCUT2D eigenvalue weighted by Gasteiger charge is -2.22. The number of carbonyl (C=O) groups is 1. The fraction of sp³-hybridized carbons (Fsp3) is 0.611. The van der Waals surface area contributed by atoms with Gasteiger partial charge >= 0.3 is 0 Å². The maximum Gasteiger partial charge on any atom is 0.257 e. The molecule has 0 aliphatic carbocycles. The molecule has 0 bridgehead atoms. The average molecular weight is 320 g/mol. The van der Waals surface area contributed by atoms with E-state index in [0.717, 1.165) is 32.4 Å². The van der Waals surface area contributed by atoms with Crippen LogP contribution in [0.4, 0.5) is 0 Å².